The number of nitrogens with zero attached hydrogens (tertiary/aromatic N) is 3. The van der Waals surface area contributed by atoms with Crippen LogP contribution >= 0.6 is 23.8 Å². The Morgan fingerprint density at radius 2 is 1.81 bits per heavy atom. The molecule has 7 heteroatoms. The highest BCUT2D eigenvalue weighted by Gasteiger charge is 2.42. The standard InChI is InChI=1S/C25H21ClN4OS/c1-31-20-10-5-9-19(16-20)30-24(23(28-25(30)32)21-11-2-3-13-27-21)22-12-6-14-29(22)18-8-4-7-17(26)15-18/h2-16,23-24H,1H3,(H,28,32)/t23-,24+/m0/s1. The number of halogens is 1. The van der Waals surface area contributed by atoms with Gasteiger partial charge in [0, 0.05) is 40.6 Å². The van der Waals surface area contributed by atoms with Crippen molar-refractivity contribution in [3.05, 3.63) is 108 Å². The maximum Gasteiger partial charge on any atom is 0.174 e. The molecule has 0 spiro atoms. The highest BCUT2D eigenvalue weighted by atomic mass is 35.5. The van der Waals surface area contributed by atoms with Gasteiger partial charge in [0.05, 0.1) is 18.8 Å². The molecule has 32 heavy (non-hydrogen) atoms. The fourth-order valence-electron chi connectivity index (χ4n) is 4.19. The van der Waals surface area contributed by atoms with Crippen LogP contribution in [0.15, 0.2) is 91.3 Å². The molecule has 2 atom stereocenters. The molecule has 1 saturated heterocycles. The van der Waals surface area contributed by atoms with E-state index in [-0.39, 0.29) is 12.1 Å². The summed E-state index contributed by atoms with van der Waals surface area (Å²) in [6.45, 7) is 0. The zero-order valence-electron chi connectivity index (χ0n) is 17.4. The van der Waals surface area contributed by atoms with Gasteiger partial charge in [0.1, 0.15) is 11.8 Å². The molecule has 5 rings (SSSR count). The van der Waals surface area contributed by atoms with Crippen LogP contribution in [0.3, 0.4) is 0 Å². The van der Waals surface area contributed by atoms with Gasteiger partial charge in [-0.25, -0.2) is 0 Å². The van der Waals surface area contributed by atoms with Gasteiger partial charge >= 0.3 is 0 Å². The normalized spacial score (nSPS) is 17.9. The molecule has 0 radical (unpaired) electrons. The number of ether oxygens (including phenoxy) is 1. The van der Waals surface area contributed by atoms with Gasteiger partial charge in [-0.15, -0.1) is 0 Å². The molecule has 1 N–H and O–H groups in total. The van der Waals surface area contributed by atoms with Crippen LogP contribution in [0, 0.1) is 0 Å². The van der Waals surface area contributed by atoms with E-state index in [1.807, 2.05) is 79.0 Å². The molecule has 0 saturated carbocycles. The van der Waals surface area contributed by atoms with Gasteiger partial charge in [-0.2, -0.15) is 0 Å². The fraction of sp³-hybridized carbons (Fsp3) is 0.120. The van der Waals surface area contributed by atoms with Crippen LogP contribution in [0.2, 0.25) is 5.02 Å². The Hall–Kier alpha value is -3.35. The van der Waals surface area contributed by atoms with Crippen LogP contribution in [-0.2, 0) is 0 Å². The number of thiocarbonyl (C=S) groups is 1. The highest BCUT2D eigenvalue weighted by Crippen LogP contribution is 2.42. The Morgan fingerprint density at radius 3 is 2.59 bits per heavy atom. The predicted molar refractivity (Wildman–Crippen MR) is 132 cm³/mol. The van der Waals surface area contributed by atoms with Crippen LogP contribution in [0.1, 0.15) is 23.5 Å². The Bertz CT molecular complexity index is 1260. The molecule has 2 aromatic heterocycles. The molecule has 0 aliphatic carbocycles. The smallest absolute Gasteiger partial charge is 0.174 e. The molecule has 1 fully saturated rings. The monoisotopic (exact) mass is 460 g/mol. The summed E-state index contributed by atoms with van der Waals surface area (Å²) in [5.74, 6) is 0.774. The summed E-state index contributed by atoms with van der Waals surface area (Å²) in [5, 5.41) is 4.82. The van der Waals surface area contributed by atoms with Crippen LogP contribution in [0.4, 0.5) is 5.69 Å². The molecule has 0 unspecified atom stereocenters. The number of methoxy groups -OCH3 is 1. The molecule has 4 aromatic rings. The number of anilines is 1. The fourth-order valence-corrected chi connectivity index (χ4v) is 4.72. The second-order valence-electron chi connectivity index (χ2n) is 7.48. The minimum atomic E-state index is -0.140. The van der Waals surface area contributed by atoms with E-state index >= 15 is 0 Å². The van der Waals surface area contributed by atoms with E-state index in [1.165, 1.54) is 0 Å². The summed E-state index contributed by atoms with van der Waals surface area (Å²) in [6, 6.07) is 25.6. The molecular weight excluding hydrogens is 440 g/mol. The number of aromatic nitrogens is 2. The third-order valence-corrected chi connectivity index (χ3v) is 6.15. The van der Waals surface area contributed by atoms with E-state index in [0.717, 1.165) is 28.5 Å². The zero-order chi connectivity index (χ0) is 22.1. The van der Waals surface area contributed by atoms with Crippen molar-refractivity contribution in [2.75, 3.05) is 12.0 Å². The van der Waals surface area contributed by atoms with Gasteiger partial charge in [-0.3, -0.25) is 4.98 Å². The van der Waals surface area contributed by atoms with Gasteiger partial charge in [0.2, 0.25) is 0 Å². The van der Waals surface area contributed by atoms with Crippen molar-refractivity contribution in [1.82, 2.24) is 14.9 Å². The number of rotatable bonds is 5. The number of hydrogen-bond donors (Lipinski definition) is 1. The molecule has 160 valence electrons. The van der Waals surface area contributed by atoms with Crippen LogP contribution in [0.25, 0.3) is 5.69 Å². The van der Waals surface area contributed by atoms with Crippen molar-refractivity contribution < 1.29 is 4.74 Å². The van der Waals surface area contributed by atoms with Gasteiger partial charge in [0.25, 0.3) is 0 Å². The first-order valence-corrected chi connectivity index (χ1v) is 11.0. The second kappa shape index (κ2) is 8.65. The van der Waals surface area contributed by atoms with Crippen LogP contribution in [0.5, 0.6) is 5.75 Å². The lowest BCUT2D eigenvalue weighted by molar-refractivity contribution is 0.414. The number of nitrogens with one attached hydrogen (secondary N) is 1. The minimum absolute atomic E-state index is 0.136. The first kappa shape index (κ1) is 20.5. The van der Waals surface area contributed by atoms with Crippen molar-refractivity contribution >= 4 is 34.6 Å². The van der Waals surface area contributed by atoms with Crippen molar-refractivity contribution in [2.24, 2.45) is 0 Å². The lowest BCUT2D eigenvalue weighted by Gasteiger charge is -2.29. The lowest BCUT2D eigenvalue weighted by Crippen LogP contribution is -2.30. The Balaban J connectivity index is 1.67. The maximum atomic E-state index is 6.30. The average molecular weight is 461 g/mol. The largest absolute Gasteiger partial charge is 0.497 e. The van der Waals surface area contributed by atoms with Crippen molar-refractivity contribution in [3.8, 4) is 11.4 Å². The number of hydrogen-bond acceptors (Lipinski definition) is 3. The van der Waals surface area contributed by atoms with Gasteiger partial charge in [-0.05, 0) is 66.8 Å². The van der Waals surface area contributed by atoms with E-state index in [2.05, 4.69) is 25.8 Å². The molecule has 1 aliphatic heterocycles. The summed E-state index contributed by atoms with van der Waals surface area (Å²) in [5.41, 5.74) is 3.92. The van der Waals surface area contributed by atoms with Crippen LogP contribution < -0.4 is 15.0 Å². The molecular formula is C25H21ClN4OS. The van der Waals surface area contributed by atoms with Gasteiger partial charge in [0.15, 0.2) is 5.11 Å². The van der Waals surface area contributed by atoms with E-state index in [1.54, 1.807) is 13.3 Å². The maximum absolute atomic E-state index is 6.30. The SMILES string of the molecule is COc1cccc(N2C(=S)N[C@@H](c3ccccn3)[C@H]2c2cccn2-c2cccc(Cl)c2)c1. The quantitative estimate of drug-likeness (QED) is 0.386. The number of pyridine rings is 1. The second-order valence-corrected chi connectivity index (χ2v) is 8.30. The van der Waals surface area contributed by atoms with Crippen molar-refractivity contribution in [1.29, 1.82) is 0 Å². The highest BCUT2D eigenvalue weighted by molar-refractivity contribution is 7.80. The summed E-state index contributed by atoms with van der Waals surface area (Å²) in [6.07, 6.45) is 3.85. The summed E-state index contributed by atoms with van der Waals surface area (Å²) < 4.78 is 7.62. The topological polar surface area (TPSA) is 42.3 Å². The Kier molecular flexibility index (Phi) is 5.55. The molecule has 2 aromatic carbocycles. The third-order valence-electron chi connectivity index (χ3n) is 5.60. The third kappa shape index (κ3) is 3.72. The zero-order valence-corrected chi connectivity index (χ0v) is 18.9. The molecule has 0 amide bonds. The lowest BCUT2D eigenvalue weighted by atomic mass is 10.0. The first-order chi connectivity index (χ1) is 15.7. The molecule has 5 nitrogen and oxygen atoms in total. The van der Waals surface area contributed by atoms with E-state index in [4.69, 9.17) is 28.6 Å². The predicted octanol–water partition coefficient (Wildman–Crippen LogP) is 5.71. The van der Waals surface area contributed by atoms with Gasteiger partial charge in [-0.1, -0.05) is 29.8 Å². The molecule has 0 bridgehead atoms. The number of benzene rings is 2. The van der Waals surface area contributed by atoms with Gasteiger partial charge < -0.3 is 19.5 Å². The summed E-state index contributed by atoms with van der Waals surface area (Å²) in [4.78, 5) is 6.76. The average Bonchev–Trinajstić information content (AvgIpc) is 3.44. The van der Waals surface area contributed by atoms with Crippen molar-refractivity contribution in [2.45, 2.75) is 12.1 Å². The van der Waals surface area contributed by atoms with E-state index in [0.29, 0.717) is 10.1 Å². The van der Waals surface area contributed by atoms with E-state index < -0.39 is 0 Å². The molecule has 3 heterocycles. The Morgan fingerprint density at radius 1 is 0.969 bits per heavy atom. The molecule has 1 aliphatic rings. The first-order valence-electron chi connectivity index (χ1n) is 10.2. The van der Waals surface area contributed by atoms with Crippen molar-refractivity contribution in [3.63, 3.8) is 0 Å². The Labute approximate surface area is 197 Å². The van der Waals surface area contributed by atoms with Crippen LogP contribution in [-0.4, -0.2) is 21.8 Å². The minimum Gasteiger partial charge on any atom is -0.497 e. The summed E-state index contributed by atoms with van der Waals surface area (Å²) >= 11 is 12.1. The van der Waals surface area contributed by atoms with E-state index in [9.17, 15) is 0 Å². The summed E-state index contributed by atoms with van der Waals surface area (Å²) in [7, 11) is 1.66.